The molecule has 0 aromatic heterocycles. The Kier molecular flexibility index (Phi) is 5.53. The smallest absolute Gasteiger partial charge is 0.339 e. The third kappa shape index (κ3) is 3.93. The topological polar surface area (TPSA) is 52.3 Å². The molecule has 0 atom stereocenters. The maximum atomic E-state index is 12.0. The van der Waals surface area contributed by atoms with E-state index in [0.29, 0.717) is 28.6 Å². The van der Waals surface area contributed by atoms with E-state index in [9.17, 15) is 4.79 Å². The summed E-state index contributed by atoms with van der Waals surface area (Å²) in [7, 11) is 0. The lowest BCUT2D eigenvalue weighted by molar-refractivity contribution is 0.0522. The van der Waals surface area contributed by atoms with Gasteiger partial charge in [-0.3, -0.25) is 0 Å². The average Bonchev–Trinajstić information content (AvgIpc) is 2.47. The van der Waals surface area contributed by atoms with E-state index < -0.39 is 0 Å². The van der Waals surface area contributed by atoms with Crippen LogP contribution in [0.3, 0.4) is 0 Å². The molecule has 0 saturated heterocycles. The standard InChI is InChI=1S/C16H16ClNO2S/c1-2-20-16(19)12-7-5-9-14(18)15(12)21-10-11-6-3-4-8-13(11)17/h3-9H,2,10,18H2,1H3. The number of hydrogen-bond donors (Lipinski definition) is 1. The van der Waals surface area contributed by atoms with Gasteiger partial charge in [-0.2, -0.15) is 0 Å². The minimum Gasteiger partial charge on any atom is -0.462 e. The number of rotatable bonds is 5. The van der Waals surface area contributed by atoms with Crippen molar-refractivity contribution in [3.05, 3.63) is 58.6 Å². The van der Waals surface area contributed by atoms with Crippen LogP contribution in [-0.2, 0) is 10.5 Å². The highest BCUT2D eigenvalue weighted by Crippen LogP contribution is 2.33. The van der Waals surface area contributed by atoms with E-state index in [0.717, 1.165) is 10.5 Å². The van der Waals surface area contributed by atoms with E-state index in [4.69, 9.17) is 22.1 Å². The number of carbonyl (C=O) groups is 1. The Morgan fingerprint density at radius 3 is 2.71 bits per heavy atom. The second-order valence-electron chi connectivity index (χ2n) is 4.32. The molecule has 0 aliphatic heterocycles. The first-order valence-corrected chi connectivity index (χ1v) is 7.91. The number of thioether (sulfide) groups is 1. The van der Waals surface area contributed by atoms with Gasteiger partial charge in [0.2, 0.25) is 0 Å². The lowest BCUT2D eigenvalue weighted by Crippen LogP contribution is -2.07. The number of ether oxygens (including phenoxy) is 1. The molecule has 0 bridgehead atoms. The Hall–Kier alpha value is -1.65. The van der Waals surface area contributed by atoms with E-state index in [1.165, 1.54) is 11.8 Å². The Labute approximate surface area is 133 Å². The molecule has 2 aromatic rings. The van der Waals surface area contributed by atoms with Crippen LogP contribution in [0, 0.1) is 0 Å². The van der Waals surface area contributed by atoms with Gasteiger partial charge in [0.05, 0.1) is 12.2 Å². The summed E-state index contributed by atoms with van der Waals surface area (Å²) in [6.45, 7) is 2.11. The molecule has 0 unspecified atom stereocenters. The lowest BCUT2D eigenvalue weighted by atomic mass is 10.2. The molecule has 0 aliphatic rings. The van der Waals surface area contributed by atoms with Gasteiger partial charge >= 0.3 is 5.97 Å². The van der Waals surface area contributed by atoms with E-state index in [1.807, 2.05) is 24.3 Å². The van der Waals surface area contributed by atoms with Crippen LogP contribution >= 0.6 is 23.4 Å². The predicted octanol–water partition coefficient (Wildman–Crippen LogP) is 4.39. The minimum atomic E-state index is -0.355. The zero-order chi connectivity index (χ0) is 15.2. The third-order valence-corrected chi connectivity index (χ3v) is 4.44. The van der Waals surface area contributed by atoms with Gasteiger partial charge in [-0.1, -0.05) is 35.9 Å². The summed E-state index contributed by atoms with van der Waals surface area (Å²) < 4.78 is 5.07. The van der Waals surface area contributed by atoms with Crippen molar-refractivity contribution in [3.8, 4) is 0 Å². The molecule has 0 heterocycles. The van der Waals surface area contributed by atoms with Crippen LogP contribution in [-0.4, -0.2) is 12.6 Å². The number of nitrogens with two attached hydrogens (primary N) is 1. The molecule has 0 aliphatic carbocycles. The van der Waals surface area contributed by atoms with Crippen molar-refractivity contribution >= 4 is 35.0 Å². The first kappa shape index (κ1) is 15.7. The Balaban J connectivity index is 2.23. The first-order chi connectivity index (χ1) is 10.1. The highest BCUT2D eigenvalue weighted by molar-refractivity contribution is 7.98. The molecule has 3 nitrogen and oxygen atoms in total. The van der Waals surface area contributed by atoms with Gasteiger partial charge in [-0.25, -0.2) is 4.79 Å². The second-order valence-corrected chi connectivity index (χ2v) is 5.72. The fourth-order valence-electron chi connectivity index (χ4n) is 1.85. The molecule has 2 N–H and O–H groups in total. The summed E-state index contributed by atoms with van der Waals surface area (Å²) in [5.74, 6) is 0.284. The first-order valence-electron chi connectivity index (χ1n) is 6.55. The average molecular weight is 322 g/mol. The number of hydrogen-bond acceptors (Lipinski definition) is 4. The van der Waals surface area contributed by atoms with Gasteiger partial charge < -0.3 is 10.5 Å². The van der Waals surface area contributed by atoms with Gasteiger partial charge in [-0.15, -0.1) is 11.8 Å². The van der Waals surface area contributed by atoms with Crippen LogP contribution < -0.4 is 5.73 Å². The lowest BCUT2D eigenvalue weighted by Gasteiger charge is -2.11. The van der Waals surface area contributed by atoms with Gasteiger partial charge in [0.25, 0.3) is 0 Å². The molecule has 21 heavy (non-hydrogen) atoms. The van der Waals surface area contributed by atoms with Gasteiger partial charge in [0.15, 0.2) is 0 Å². The number of nitrogen functional groups attached to an aromatic ring is 1. The fourth-order valence-corrected chi connectivity index (χ4v) is 3.23. The number of anilines is 1. The monoisotopic (exact) mass is 321 g/mol. The minimum absolute atomic E-state index is 0.336. The summed E-state index contributed by atoms with van der Waals surface area (Å²) >= 11 is 7.63. The van der Waals surface area contributed by atoms with Crippen LogP contribution in [0.25, 0.3) is 0 Å². The summed E-state index contributed by atoms with van der Waals surface area (Å²) in [5.41, 5.74) is 8.06. The van der Waals surface area contributed by atoms with Crippen molar-refractivity contribution in [2.24, 2.45) is 0 Å². The SMILES string of the molecule is CCOC(=O)c1cccc(N)c1SCc1ccccc1Cl. The van der Waals surface area contributed by atoms with Crippen LogP contribution in [0.4, 0.5) is 5.69 Å². The van der Waals surface area contributed by atoms with Crippen LogP contribution in [0.1, 0.15) is 22.8 Å². The van der Waals surface area contributed by atoms with Crippen molar-refractivity contribution in [1.29, 1.82) is 0 Å². The molecule has 0 radical (unpaired) electrons. The zero-order valence-corrected chi connectivity index (χ0v) is 13.2. The molecule has 110 valence electrons. The van der Waals surface area contributed by atoms with Crippen molar-refractivity contribution in [2.45, 2.75) is 17.6 Å². The highest BCUT2D eigenvalue weighted by Gasteiger charge is 2.15. The van der Waals surface area contributed by atoms with E-state index in [2.05, 4.69) is 0 Å². The van der Waals surface area contributed by atoms with Gasteiger partial charge in [-0.05, 0) is 30.7 Å². The molecular weight excluding hydrogens is 306 g/mol. The van der Waals surface area contributed by atoms with Crippen LogP contribution in [0.2, 0.25) is 5.02 Å². The molecule has 5 heteroatoms. The molecule has 0 fully saturated rings. The van der Waals surface area contributed by atoms with Gasteiger partial charge in [0.1, 0.15) is 0 Å². The second kappa shape index (κ2) is 7.38. The maximum absolute atomic E-state index is 12.0. The Bertz CT molecular complexity index is 646. The zero-order valence-electron chi connectivity index (χ0n) is 11.6. The summed E-state index contributed by atoms with van der Waals surface area (Å²) in [4.78, 5) is 12.7. The van der Waals surface area contributed by atoms with E-state index in [1.54, 1.807) is 25.1 Å². The fraction of sp³-hybridized carbons (Fsp3) is 0.188. The van der Waals surface area contributed by atoms with Gasteiger partial charge in [0, 0.05) is 21.4 Å². The summed E-state index contributed by atoms with van der Waals surface area (Å²) in [6.07, 6.45) is 0. The number of esters is 1. The number of carbonyl (C=O) groups excluding carboxylic acids is 1. The third-order valence-electron chi connectivity index (χ3n) is 2.87. The number of benzene rings is 2. The Morgan fingerprint density at radius 2 is 2.00 bits per heavy atom. The van der Waals surface area contributed by atoms with Crippen molar-refractivity contribution in [2.75, 3.05) is 12.3 Å². The number of halogens is 1. The molecule has 2 aromatic carbocycles. The molecule has 0 spiro atoms. The summed E-state index contributed by atoms with van der Waals surface area (Å²) in [5, 5.41) is 0.706. The van der Waals surface area contributed by atoms with Crippen LogP contribution in [0.5, 0.6) is 0 Å². The molecule has 0 amide bonds. The summed E-state index contributed by atoms with van der Waals surface area (Å²) in [6, 6.07) is 12.9. The van der Waals surface area contributed by atoms with Crippen molar-refractivity contribution in [1.82, 2.24) is 0 Å². The quantitative estimate of drug-likeness (QED) is 0.504. The predicted molar refractivity (Wildman–Crippen MR) is 87.8 cm³/mol. The van der Waals surface area contributed by atoms with Crippen molar-refractivity contribution < 1.29 is 9.53 Å². The molecule has 2 rings (SSSR count). The van der Waals surface area contributed by atoms with E-state index >= 15 is 0 Å². The van der Waals surface area contributed by atoms with Crippen LogP contribution in [0.15, 0.2) is 47.4 Å². The molecular formula is C16H16ClNO2S. The largest absolute Gasteiger partial charge is 0.462 e. The Morgan fingerprint density at radius 1 is 1.24 bits per heavy atom. The maximum Gasteiger partial charge on any atom is 0.339 e. The highest BCUT2D eigenvalue weighted by atomic mass is 35.5. The molecule has 0 saturated carbocycles. The van der Waals surface area contributed by atoms with Crippen molar-refractivity contribution in [3.63, 3.8) is 0 Å². The normalized spacial score (nSPS) is 10.4. The van der Waals surface area contributed by atoms with E-state index in [-0.39, 0.29) is 5.97 Å².